The van der Waals surface area contributed by atoms with E-state index in [-0.39, 0.29) is 5.56 Å². The first-order valence-corrected chi connectivity index (χ1v) is 9.34. The number of carbonyl (C=O) groups is 2. The van der Waals surface area contributed by atoms with E-state index in [1.807, 2.05) is 0 Å². The van der Waals surface area contributed by atoms with E-state index >= 15 is 0 Å². The normalized spacial score (nSPS) is 15.6. The Labute approximate surface area is 203 Å². The van der Waals surface area contributed by atoms with Crippen molar-refractivity contribution in [2.45, 2.75) is 60.1 Å². The van der Waals surface area contributed by atoms with Crippen molar-refractivity contribution in [1.82, 2.24) is 5.32 Å². The lowest BCUT2D eigenvalue weighted by molar-refractivity contribution is -0.459. The molecule has 2 N–H and O–H groups in total. The first-order chi connectivity index (χ1) is 17.1. The van der Waals surface area contributed by atoms with Crippen molar-refractivity contribution in [2.75, 3.05) is 0 Å². The van der Waals surface area contributed by atoms with E-state index in [0.29, 0.717) is 5.32 Å². The van der Waals surface area contributed by atoms with E-state index in [1.165, 1.54) is 18.2 Å². The van der Waals surface area contributed by atoms with E-state index in [2.05, 4.69) is 0 Å². The number of aliphatic carboxylic acids is 1. The van der Waals surface area contributed by atoms with Crippen molar-refractivity contribution in [2.24, 2.45) is 0 Å². The summed E-state index contributed by atoms with van der Waals surface area (Å²) in [5.41, 5.74) is -0.162. The second-order valence-corrected chi connectivity index (χ2v) is 7.57. The van der Waals surface area contributed by atoms with Crippen LogP contribution < -0.4 is 5.32 Å². The van der Waals surface area contributed by atoms with Crippen LogP contribution in [-0.2, 0) is 16.0 Å². The summed E-state index contributed by atoms with van der Waals surface area (Å²) in [5, 5.41) is 9.42. The summed E-state index contributed by atoms with van der Waals surface area (Å²) in [7, 11) is 0. The molecular formula is C18H10F17NO3. The second kappa shape index (κ2) is 9.86. The lowest BCUT2D eigenvalue weighted by Gasteiger charge is -2.42. The summed E-state index contributed by atoms with van der Waals surface area (Å²) in [6.45, 7) is 0. The van der Waals surface area contributed by atoms with Gasteiger partial charge in [0.1, 0.15) is 6.04 Å². The SMILES string of the molecule is O=C(O)[C@H](Cc1ccccc1)NC(=O)C(F)(F)C(F)(F)C(F)(F)C(F)(F)C(F)(F)C(F)(F)C(F)(F)C(F)(F)F. The van der Waals surface area contributed by atoms with Crippen LogP contribution in [0, 0.1) is 0 Å². The van der Waals surface area contributed by atoms with Crippen molar-refractivity contribution >= 4 is 11.9 Å². The smallest absolute Gasteiger partial charge is 0.460 e. The third-order valence-electron chi connectivity index (χ3n) is 4.89. The number of nitrogens with one attached hydrogen (secondary N) is 1. The Hall–Kier alpha value is -3.03. The van der Waals surface area contributed by atoms with E-state index in [9.17, 15) is 84.2 Å². The average Bonchev–Trinajstić information content (AvgIpc) is 2.77. The fourth-order valence-electron chi connectivity index (χ4n) is 2.61. The molecule has 0 saturated carbocycles. The molecule has 0 unspecified atom stereocenters. The molecule has 1 atom stereocenters. The zero-order valence-corrected chi connectivity index (χ0v) is 17.9. The molecule has 1 rings (SSSR count). The van der Waals surface area contributed by atoms with Crippen LogP contribution in [0.2, 0.25) is 0 Å². The largest absolute Gasteiger partial charge is 0.480 e. The number of benzene rings is 1. The molecule has 21 heteroatoms. The van der Waals surface area contributed by atoms with Crippen LogP contribution in [-0.4, -0.2) is 70.7 Å². The number of rotatable bonds is 11. The molecule has 1 amide bonds. The maximum absolute atomic E-state index is 14.0. The highest BCUT2D eigenvalue weighted by atomic mass is 19.4. The van der Waals surface area contributed by atoms with Crippen LogP contribution in [0.25, 0.3) is 0 Å². The first kappa shape index (κ1) is 34.0. The first-order valence-electron chi connectivity index (χ1n) is 9.34. The number of hydrogen-bond acceptors (Lipinski definition) is 2. The molecule has 0 aromatic heterocycles. The molecular weight excluding hydrogens is 601 g/mol. The molecule has 0 aliphatic carbocycles. The third-order valence-corrected chi connectivity index (χ3v) is 4.89. The lowest BCUT2D eigenvalue weighted by Crippen LogP contribution is -2.75. The van der Waals surface area contributed by atoms with Gasteiger partial charge < -0.3 is 10.4 Å². The summed E-state index contributed by atoms with van der Waals surface area (Å²) < 4.78 is 226. The minimum atomic E-state index is -8.85. The highest BCUT2D eigenvalue weighted by molar-refractivity contribution is 5.89. The maximum atomic E-state index is 14.0. The molecule has 0 aliphatic rings. The molecule has 0 aliphatic heterocycles. The van der Waals surface area contributed by atoms with Crippen molar-refractivity contribution in [1.29, 1.82) is 0 Å². The highest BCUT2D eigenvalue weighted by Crippen LogP contribution is 2.63. The predicted molar refractivity (Wildman–Crippen MR) is 90.4 cm³/mol. The summed E-state index contributed by atoms with van der Waals surface area (Å²) in [6.07, 6.45) is -8.96. The topological polar surface area (TPSA) is 66.4 Å². The standard InChI is InChI=1S/C18H10F17NO3/c19-11(20,10(39)36-8(9(37)38)6-7-4-2-1-3-5-7)12(21,22)13(23,24)14(25,26)15(27,28)16(29,30)17(31,32)18(33,34)35/h1-5,8H,6H2,(H,36,39)(H,37,38)/t8-/m0/s1. The number of amides is 1. The number of carboxylic acids is 1. The van der Waals surface area contributed by atoms with Gasteiger partial charge in [-0.3, -0.25) is 4.79 Å². The van der Waals surface area contributed by atoms with Crippen LogP contribution in [0.3, 0.4) is 0 Å². The molecule has 0 fully saturated rings. The Morgan fingerprint density at radius 1 is 0.615 bits per heavy atom. The van der Waals surface area contributed by atoms with Crippen LogP contribution >= 0.6 is 0 Å². The van der Waals surface area contributed by atoms with Gasteiger partial charge in [0.15, 0.2) is 0 Å². The second-order valence-electron chi connectivity index (χ2n) is 7.57. The van der Waals surface area contributed by atoms with Gasteiger partial charge in [0.05, 0.1) is 0 Å². The fraction of sp³-hybridized carbons (Fsp3) is 0.556. The number of halogens is 17. The Kier molecular flexibility index (Phi) is 8.60. The van der Waals surface area contributed by atoms with Crippen molar-refractivity contribution in [3.05, 3.63) is 35.9 Å². The average molecular weight is 611 g/mol. The fourth-order valence-corrected chi connectivity index (χ4v) is 2.61. The van der Waals surface area contributed by atoms with E-state index in [4.69, 9.17) is 5.11 Å². The van der Waals surface area contributed by atoms with Crippen LogP contribution in [0.4, 0.5) is 74.6 Å². The zero-order chi connectivity index (χ0) is 31.3. The molecule has 224 valence electrons. The van der Waals surface area contributed by atoms with E-state index in [0.717, 1.165) is 12.1 Å². The molecule has 0 bridgehead atoms. The summed E-state index contributed by atoms with van der Waals surface area (Å²) >= 11 is 0. The lowest BCUT2D eigenvalue weighted by atomic mass is 9.88. The predicted octanol–water partition coefficient (Wildman–Crippen LogP) is 5.81. The van der Waals surface area contributed by atoms with E-state index in [1.54, 1.807) is 0 Å². The van der Waals surface area contributed by atoms with Crippen molar-refractivity contribution in [3.63, 3.8) is 0 Å². The van der Waals surface area contributed by atoms with Crippen LogP contribution in [0.15, 0.2) is 30.3 Å². The molecule has 1 aromatic carbocycles. The summed E-state index contributed by atoms with van der Waals surface area (Å²) in [6, 6.07) is 3.02. The number of alkyl halides is 17. The summed E-state index contributed by atoms with van der Waals surface area (Å²) in [5.74, 6) is -65.2. The monoisotopic (exact) mass is 611 g/mol. The van der Waals surface area contributed by atoms with E-state index < -0.39 is 72.0 Å². The van der Waals surface area contributed by atoms with Gasteiger partial charge in [-0.1, -0.05) is 30.3 Å². The molecule has 0 saturated heterocycles. The minimum absolute atomic E-state index is 0.162. The zero-order valence-electron chi connectivity index (χ0n) is 17.9. The van der Waals surface area contributed by atoms with Crippen molar-refractivity contribution < 1.29 is 89.3 Å². The van der Waals surface area contributed by atoms with Gasteiger partial charge in [0, 0.05) is 6.42 Å². The highest BCUT2D eigenvalue weighted by Gasteiger charge is 2.95. The molecule has 0 heterocycles. The third kappa shape index (κ3) is 5.14. The Bertz CT molecular complexity index is 1050. The number of hydrogen-bond donors (Lipinski definition) is 2. The van der Waals surface area contributed by atoms with Crippen molar-refractivity contribution in [3.8, 4) is 0 Å². The van der Waals surface area contributed by atoms with Gasteiger partial charge in [0.25, 0.3) is 5.91 Å². The Balaban J connectivity index is 3.52. The van der Waals surface area contributed by atoms with Crippen LogP contribution in [0.5, 0.6) is 0 Å². The number of carbonyl (C=O) groups excluding carboxylic acids is 1. The molecule has 4 nitrogen and oxygen atoms in total. The Morgan fingerprint density at radius 3 is 1.33 bits per heavy atom. The van der Waals surface area contributed by atoms with Gasteiger partial charge >= 0.3 is 53.6 Å². The molecule has 39 heavy (non-hydrogen) atoms. The van der Waals surface area contributed by atoms with Gasteiger partial charge in [0.2, 0.25) is 0 Å². The minimum Gasteiger partial charge on any atom is -0.480 e. The quantitative estimate of drug-likeness (QED) is 0.311. The molecule has 1 aromatic rings. The molecule has 0 spiro atoms. The van der Waals surface area contributed by atoms with Gasteiger partial charge in [-0.05, 0) is 5.56 Å². The summed E-state index contributed by atoms with van der Waals surface area (Å²) in [4.78, 5) is 22.7. The Morgan fingerprint density at radius 2 is 0.974 bits per heavy atom. The van der Waals surface area contributed by atoms with Crippen LogP contribution in [0.1, 0.15) is 5.56 Å². The maximum Gasteiger partial charge on any atom is 0.460 e. The van der Waals surface area contributed by atoms with Gasteiger partial charge in [-0.25, -0.2) is 4.79 Å². The van der Waals surface area contributed by atoms with Gasteiger partial charge in [-0.15, -0.1) is 0 Å². The number of carboxylic acid groups (broad SMARTS) is 1. The van der Waals surface area contributed by atoms with Gasteiger partial charge in [-0.2, -0.15) is 74.6 Å². The molecule has 0 radical (unpaired) electrons.